The van der Waals surface area contributed by atoms with Crippen molar-refractivity contribution in [3.63, 3.8) is 0 Å². The number of carbonyl (C=O) groups is 2. The topological polar surface area (TPSA) is 72.6 Å². The molecule has 102 valence electrons. The van der Waals surface area contributed by atoms with Gasteiger partial charge >= 0.3 is 5.97 Å². The van der Waals surface area contributed by atoms with E-state index in [4.69, 9.17) is 10.6 Å². The Labute approximate surface area is 112 Å². The number of amides is 1. The summed E-state index contributed by atoms with van der Waals surface area (Å²) in [7, 11) is 0. The van der Waals surface area contributed by atoms with Crippen LogP contribution in [0.2, 0.25) is 0 Å². The maximum atomic E-state index is 12.2. The Hall–Kier alpha value is -1.88. The lowest BCUT2D eigenvalue weighted by atomic mass is 9.97. The van der Waals surface area contributed by atoms with E-state index in [-0.39, 0.29) is 18.3 Å². The van der Waals surface area contributed by atoms with Gasteiger partial charge in [-0.2, -0.15) is 0 Å². The molecule has 0 fully saturated rings. The maximum absolute atomic E-state index is 12.2. The highest BCUT2D eigenvalue weighted by Gasteiger charge is 2.30. The summed E-state index contributed by atoms with van der Waals surface area (Å²) in [6.45, 7) is 2.07. The first kappa shape index (κ1) is 13.5. The van der Waals surface area contributed by atoms with Crippen LogP contribution in [0.4, 0.5) is 5.69 Å². The number of aryl methyl sites for hydroxylation is 1. The van der Waals surface area contributed by atoms with E-state index >= 15 is 0 Å². The molecule has 1 aromatic rings. The minimum atomic E-state index is -0.406. The number of hydrogen-bond acceptors (Lipinski definition) is 4. The van der Waals surface area contributed by atoms with Crippen molar-refractivity contribution in [1.29, 1.82) is 0 Å². The first-order valence-corrected chi connectivity index (χ1v) is 6.45. The third kappa shape index (κ3) is 2.93. The molecular weight excluding hydrogens is 244 g/mol. The summed E-state index contributed by atoms with van der Waals surface area (Å²) in [6, 6.07) is 7.54. The van der Waals surface area contributed by atoms with Gasteiger partial charge in [-0.25, -0.2) is 10.9 Å². The van der Waals surface area contributed by atoms with Gasteiger partial charge in [0.2, 0.25) is 5.91 Å². The molecule has 2 rings (SSSR count). The fourth-order valence-corrected chi connectivity index (χ4v) is 2.34. The van der Waals surface area contributed by atoms with E-state index in [2.05, 4.69) is 0 Å². The molecule has 1 amide bonds. The van der Waals surface area contributed by atoms with E-state index in [1.54, 1.807) is 6.92 Å². The monoisotopic (exact) mass is 262 g/mol. The zero-order valence-corrected chi connectivity index (χ0v) is 11.0. The third-order valence-corrected chi connectivity index (χ3v) is 3.32. The Balaban J connectivity index is 2.15. The highest BCUT2D eigenvalue weighted by atomic mass is 16.5. The smallest absolute Gasteiger partial charge is 0.306 e. The lowest BCUT2D eigenvalue weighted by Crippen LogP contribution is -2.41. The molecule has 1 aromatic carbocycles. The van der Waals surface area contributed by atoms with Crippen molar-refractivity contribution in [3.05, 3.63) is 29.8 Å². The summed E-state index contributed by atoms with van der Waals surface area (Å²) >= 11 is 0. The molecule has 0 aliphatic carbocycles. The van der Waals surface area contributed by atoms with E-state index in [0.29, 0.717) is 13.0 Å². The molecule has 0 aromatic heterocycles. The van der Waals surface area contributed by atoms with Crippen molar-refractivity contribution in [3.8, 4) is 0 Å². The molecule has 2 N–H and O–H groups in total. The summed E-state index contributed by atoms with van der Waals surface area (Å²) in [5, 5.41) is 1.16. The number of nitrogens with zero attached hydrogens (tertiary/aromatic N) is 1. The number of ether oxygens (including phenoxy) is 1. The number of hydrazine groups is 1. The molecule has 19 heavy (non-hydrogen) atoms. The number of benzene rings is 1. The predicted octanol–water partition coefficient (Wildman–Crippen LogP) is 1.41. The molecule has 0 saturated heterocycles. The van der Waals surface area contributed by atoms with Gasteiger partial charge in [-0.1, -0.05) is 18.2 Å². The van der Waals surface area contributed by atoms with Gasteiger partial charge in [-0.05, 0) is 31.4 Å². The summed E-state index contributed by atoms with van der Waals surface area (Å²) in [5.41, 5.74) is 1.75. The summed E-state index contributed by atoms with van der Waals surface area (Å²) in [5.74, 6) is 4.88. The van der Waals surface area contributed by atoms with Crippen LogP contribution in [0.25, 0.3) is 0 Å². The minimum absolute atomic E-state index is 0.0916. The number of para-hydroxylation sites is 1. The largest absolute Gasteiger partial charge is 0.466 e. The van der Waals surface area contributed by atoms with Crippen molar-refractivity contribution < 1.29 is 14.3 Å². The van der Waals surface area contributed by atoms with Gasteiger partial charge in [-0.15, -0.1) is 0 Å². The lowest BCUT2D eigenvalue weighted by molar-refractivity contribution is -0.146. The Bertz CT molecular complexity index is 487. The molecular formula is C14H18N2O3. The van der Waals surface area contributed by atoms with E-state index in [1.165, 1.54) is 0 Å². The molecule has 0 bridgehead atoms. The molecule has 5 nitrogen and oxygen atoms in total. The Kier molecular flexibility index (Phi) is 4.16. The second-order valence-corrected chi connectivity index (χ2v) is 4.58. The number of fused-ring (bicyclic) bond motifs is 1. The standard InChI is InChI=1S/C14H18N2O3/c1-2-19-13(17)9-11-8-7-10-5-3-4-6-12(10)16(15)14(11)18/h3-6,11H,2,7-9,15H2,1H3/t11-/m0/s1. The number of hydrogen-bond donors (Lipinski definition) is 1. The number of anilines is 1. The zero-order valence-electron chi connectivity index (χ0n) is 11.0. The molecule has 0 radical (unpaired) electrons. The first-order valence-electron chi connectivity index (χ1n) is 6.45. The molecule has 0 unspecified atom stereocenters. The number of rotatable bonds is 3. The Morgan fingerprint density at radius 2 is 2.21 bits per heavy atom. The van der Waals surface area contributed by atoms with E-state index in [9.17, 15) is 9.59 Å². The SMILES string of the molecule is CCOC(=O)C[C@@H]1CCc2ccccc2N(N)C1=O. The van der Waals surface area contributed by atoms with Gasteiger partial charge in [0.15, 0.2) is 0 Å². The highest BCUT2D eigenvalue weighted by molar-refractivity contribution is 5.97. The van der Waals surface area contributed by atoms with Crippen molar-refractivity contribution in [2.24, 2.45) is 11.8 Å². The van der Waals surface area contributed by atoms with Crippen molar-refractivity contribution in [2.45, 2.75) is 26.2 Å². The quantitative estimate of drug-likeness (QED) is 0.508. The zero-order chi connectivity index (χ0) is 13.8. The van der Waals surface area contributed by atoms with Crippen LogP contribution >= 0.6 is 0 Å². The van der Waals surface area contributed by atoms with Crippen LogP contribution < -0.4 is 10.9 Å². The molecule has 5 heteroatoms. The number of nitrogens with two attached hydrogens (primary N) is 1. The molecule has 1 atom stereocenters. The second-order valence-electron chi connectivity index (χ2n) is 4.58. The van der Waals surface area contributed by atoms with Crippen LogP contribution in [0.1, 0.15) is 25.3 Å². The van der Waals surface area contributed by atoms with Gasteiger partial charge in [0.05, 0.1) is 24.6 Å². The lowest BCUT2D eigenvalue weighted by Gasteiger charge is -2.20. The van der Waals surface area contributed by atoms with Crippen LogP contribution in [-0.4, -0.2) is 18.5 Å². The van der Waals surface area contributed by atoms with Crippen molar-refractivity contribution in [2.75, 3.05) is 11.6 Å². The normalized spacial score (nSPS) is 18.7. The molecule has 0 spiro atoms. The van der Waals surface area contributed by atoms with Gasteiger partial charge < -0.3 is 4.74 Å². The average Bonchev–Trinajstić information content (AvgIpc) is 2.52. The fourth-order valence-electron chi connectivity index (χ4n) is 2.34. The van der Waals surface area contributed by atoms with E-state index in [1.807, 2.05) is 24.3 Å². The molecule has 1 heterocycles. The average molecular weight is 262 g/mol. The van der Waals surface area contributed by atoms with Crippen LogP contribution in [-0.2, 0) is 20.7 Å². The van der Waals surface area contributed by atoms with Gasteiger partial charge in [0.25, 0.3) is 0 Å². The highest BCUT2D eigenvalue weighted by Crippen LogP contribution is 2.28. The number of esters is 1. The van der Waals surface area contributed by atoms with Crippen LogP contribution in [0, 0.1) is 5.92 Å². The van der Waals surface area contributed by atoms with Crippen molar-refractivity contribution in [1.82, 2.24) is 0 Å². The van der Waals surface area contributed by atoms with Crippen LogP contribution in [0.15, 0.2) is 24.3 Å². The van der Waals surface area contributed by atoms with Crippen LogP contribution in [0.3, 0.4) is 0 Å². The number of carbonyl (C=O) groups excluding carboxylic acids is 2. The summed E-state index contributed by atoms with van der Waals surface area (Å²) in [4.78, 5) is 23.8. The van der Waals surface area contributed by atoms with Crippen molar-refractivity contribution >= 4 is 17.6 Å². The Morgan fingerprint density at radius 1 is 1.47 bits per heavy atom. The van der Waals surface area contributed by atoms with Crippen LogP contribution in [0.5, 0.6) is 0 Å². The van der Waals surface area contributed by atoms with Gasteiger partial charge in [0.1, 0.15) is 0 Å². The molecule has 0 saturated carbocycles. The van der Waals surface area contributed by atoms with Gasteiger partial charge in [-0.3, -0.25) is 9.59 Å². The molecule has 1 aliphatic rings. The maximum Gasteiger partial charge on any atom is 0.306 e. The predicted molar refractivity (Wildman–Crippen MR) is 71.2 cm³/mol. The molecule has 1 aliphatic heterocycles. The Morgan fingerprint density at radius 3 is 2.95 bits per heavy atom. The van der Waals surface area contributed by atoms with E-state index in [0.717, 1.165) is 22.7 Å². The van der Waals surface area contributed by atoms with Gasteiger partial charge in [0, 0.05) is 0 Å². The second kappa shape index (κ2) is 5.84. The third-order valence-electron chi connectivity index (χ3n) is 3.32. The summed E-state index contributed by atoms with van der Waals surface area (Å²) in [6.07, 6.45) is 1.44. The first-order chi connectivity index (χ1) is 9.13. The fraction of sp³-hybridized carbons (Fsp3) is 0.429. The summed E-state index contributed by atoms with van der Waals surface area (Å²) < 4.78 is 4.90. The van der Waals surface area contributed by atoms with E-state index < -0.39 is 5.92 Å². The minimum Gasteiger partial charge on any atom is -0.466 e.